The molecule has 2 aromatic rings. The Bertz CT molecular complexity index is 778. The number of anilines is 3. The molecule has 0 atom stereocenters. The monoisotopic (exact) mass is 323 g/mol. The van der Waals surface area contributed by atoms with Crippen LogP contribution in [0.2, 0.25) is 0 Å². The van der Waals surface area contributed by atoms with Gasteiger partial charge in [0.15, 0.2) is 11.6 Å². The fourth-order valence-electron chi connectivity index (χ4n) is 1.79. The van der Waals surface area contributed by atoms with Crippen LogP contribution in [0.3, 0.4) is 0 Å². The maximum absolute atomic E-state index is 11.9. The molecular weight excluding hydrogens is 310 g/mol. The second-order valence-electron chi connectivity index (χ2n) is 4.43. The van der Waals surface area contributed by atoms with Gasteiger partial charge in [0.1, 0.15) is 30.8 Å². The molecule has 0 aromatic carbocycles. The lowest BCUT2D eigenvalue weighted by Crippen LogP contribution is -2.32. The minimum absolute atomic E-state index is 0.0610. The summed E-state index contributed by atoms with van der Waals surface area (Å²) in [7, 11) is 0. The molecule has 24 heavy (non-hydrogen) atoms. The minimum atomic E-state index is -0.471. The third kappa shape index (κ3) is 3.84. The van der Waals surface area contributed by atoms with Gasteiger partial charge < -0.3 is 10.6 Å². The first-order valence-electron chi connectivity index (χ1n) is 6.74. The van der Waals surface area contributed by atoms with E-state index in [1.807, 2.05) is 12.1 Å². The van der Waals surface area contributed by atoms with Gasteiger partial charge in [0, 0.05) is 6.20 Å². The van der Waals surface area contributed by atoms with Crippen LogP contribution in [0.25, 0.3) is 0 Å². The Morgan fingerprint density at radius 2 is 1.96 bits per heavy atom. The molecule has 0 aliphatic heterocycles. The van der Waals surface area contributed by atoms with Crippen LogP contribution in [-0.2, 0) is 0 Å². The van der Waals surface area contributed by atoms with Gasteiger partial charge in [-0.2, -0.15) is 10.5 Å². The zero-order chi connectivity index (χ0) is 17.4. The summed E-state index contributed by atoms with van der Waals surface area (Å²) in [5.74, 6) is -0.103. The topological polar surface area (TPSA) is 157 Å². The van der Waals surface area contributed by atoms with Crippen molar-refractivity contribution in [1.29, 1.82) is 10.5 Å². The fraction of sp³-hybridized carbons (Fsp3) is 0.143. The summed E-state index contributed by atoms with van der Waals surface area (Å²) in [6.07, 6.45) is 2.70. The Morgan fingerprint density at radius 1 is 1.21 bits per heavy atom. The van der Waals surface area contributed by atoms with Gasteiger partial charge in [-0.25, -0.2) is 9.97 Å². The lowest BCUT2D eigenvalue weighted by molar-refractivity contribution is 0.0957. The number of carbonyl (C=O) groups is 1. The maximum atomic E-state index is 11.9. The predicted octanol–water partition coefficient (Wildman–Crippen LogP) is 0.0643. The number of nitrogen functional groups attached to an aromatic ring is 1. The van der Waals surface area contributed by atoms with E-state index < -0.39 is 5.91 Å². The quantitative estimate of drug-likeness (QED) is 0.494. The normalized spacial score (nSPS) is 9.42. The molecular formula is C14H13N9O. The van der Waals surface area contributed by atoms with Gasteiger partial charge in [-0.1, -0.05) is 6.07 Å². The third-order valence-electron chi connectivity index (χ3n) is 2.88. The number of rotatable bonds is 6. The molecule has 0 bridgehead atoms. The molecule has 0 saturated heterocycles. The zero-order valence-electron chi connectivity index (χ0n) is 12.5. The number of carbonyl (C=O) groups excluding carboxylic acids is 1. The van der Waals surface area contributed by atoms with Crippen molar-refractivity contribution in [2.24, 2.45) is 0 Å². The lowest BCUT2D eigenvalue weighted by atomic mass is 10.3. The van der Waals surface area contributed by atoms with Crippen LogP contribution in [0.1, 0.15) is 10.5 Å². The van der Waals surface area contributed by atoms with Gasteiger partial charge in [0.05, 0.1) is 12.1 Å². The number of aromatic nitrogens is 3. The van der Waals surface area contributed by atoms with Crippen molar-refractivity contribution in [1.82, 2.24) is 20.4 Å². The number of nitriles is 2. The molecule has 10 heteroatoms. The number of pyridine rings is 1. The molecule has 0 saturated carbocycles. The van der Waals surface area contributed by atoms with E-state index in [9.17, 15) is 4.79 Å². The van der Waals surface area contributed by atoms with Gasteiger partial charge in [-0.15, -0.1) is 0 Å². The van der Waals surface area contributed by atoms with Gasteiger partial charge in [0.25, 0.3) is 5.91 Å². The summed E-state index contributed by atoms with van der Waals surface area (Å²) in [6, 6.07) is 8.78. The Labute approximate surface area is 137 Å². The van der Waals surface area contributed by atoms with E-state index in [0.717, 1.165) is 0 Å². The van der Waals surface area contributed by atoms with E-state index in [4.69, 9.17) is 16.3 Å². The van der Waals surface area contributed by atoms with E-state index in [1.165, 1.54) is 17.4 Å². The van der Waals surface area contributed by atoms with Crippen molar-refractivity contribution in [3.05, 3.63) is 36.4 Å². The highest BCUT2D eigenvalue weighted by atomic mass is 16.2. The van der Waals surface area contributed by atoms with Crippen molar-refractivity contribution >= 4 is 23.2 Å². The molecule has 2 heterocycles. The lowest BCUT2D eigenvalue weighted by Gasteiger charge is -2.19. The molecule has 0 aliphatic rings. The highest BCUT2D eigenvalue weighted by Crippen LogP contribution is 2.25. The molecule has 1 amide bonds. The summed E-state index contributed by atoms with van der Waals surface area (Å²) in [5, 5.41) is 17.6. The predicted molar refractivity (Wildman–Crippen MR) is 85.2 cm³/mol. The first kappa shape index (κ1) is 16.5. The Balaban J connectivity index is 2.14. The van der Waals surface area contributed by atoms with Crippen molar-refractivity contribution in [3.8, 4) is 12.1 Å². The van der Waals surface area contributed by atoms with Crippen molar-refractivity contribution in [3.63, 3.8) is 0 Å². The summed E-state index contributed by atoms with van der Waals surface area (Å²) < 4.78 is 0. The second kappa shape index (κ2) is 7.91. The first-order chi connectivity index (χ1) is 11.7. The molecule has 0 radical (unpaired) electrons. The fourth-order valence-corrected chi connectivity index (χ4v) is 1.79. The molecule has 0 spiro atoms. The smallest absolute Gasteiger partial charge is 0.288 e. The van der Waals surface area contributed by atoms with Crippen molar-refractivity contribution < 1.29 is 4.79 Å². The Kier molecular flexibility index (Phi) is 5.42. The number of nitrogens with two attached hydrogens (primary N) is 1. The summed E-state index contributed by atoms with van der Waals surface area (Å²) in [4.78, 5) is 25.2. The van der Waals surface area contributed by atoms with Gasteiger partial charge in [-0.3, -0.25) is 20.6 Å². The standard InChI is InChI=1S/C14H13N9O/c15-4-7-23(8-5-16)13-11(17)12(19-9-20-13)21-22-14(24)10-3-1-2-6-18-10/h1-3,6,9H,7-8,17H2,(H,22,24)(H,19,20,21). The second-order valence-corrected chi connectivity index (χ2v) is 4.43. The van der Waals surface area contributed by atoms with Crippen molar-refractivity contribution in [2.45, 2.75) is 0 Å². The van der Waals surface area contributed by atoms with Gasteiger partial charge in [0.2, 0.25) is 0 Å². The van der Waals surface area contributed by atoms with Gasteiger partial charge in [-0.05, 0) is 12.1 Å². The molecule has 2 aromatic heterocycles. The zero-order valence-corrected chi connectivity index (χ0v) is 12.5. The molecule has 10 nitrogen and oxygen atoms in total. The molecule has 0 aliphatic carbocycles. The van der Waals surface area contributed by atoms with E-state index in [2.05, 4.69) is 25.8 Å². The van der Waals surface area contributed by atoms with E-state index in [1.54, 1.807) is 18.2 Å². The van der Waals surface area contributed by atoms with Gasteiger partial charge >= 0.3 is 0 Å². The van der Waals surface area contributed by atoms with Crippen LogP contribution in [-0.4, -0.2) is 33.9 Å². The summed E-state index contributed by atoms with van der Waals surface area (Å²) in [6.45, 7) is -0.122. The van der Waals surface area contributed by atoms with Crippen LogP contribution >= 0.6 is 0 Å². The maximum Gasteiger partial charge on any atom is 0.288 e. The van der Waals surface area contributed by atoms with Crippen LogP contribution in [0.4, 0.5) is 17.3 Å². The molecule has 4 N–H and O–H groups in total. The Hall–Kier alpha value is -3.92. The average Bonchev–Trinajstić information content (AvgIpc) is 2.61. The SMILES string of the molecule is N#CCN(CC#N)c1ncnc(NNC(=O)c2ccccn2)c1N. The van der Waals surface area contributed by atoms with Crippen LogP contribution < -0.4 is 21.5 Å². The number of amides is 1. The molecule has 120 valence electrons. The number of nitrogens with zero attached hydrogens (tertiary/aromatic N) is 6. The number of nitrogens with one attached hydrogen (secondary N) is 2. The number of hydrogen-bond donors (Lipinski definition) is 3. The summed E-state index contributed by atoms with van der Waals surface area (Å²) in [5.41, 5.74) is 11.3. The molecule has 0 unspecified atom stereocenters. The van der Waals surface area contributed by atoms with Crippen LogP contribution in [0, 0.1) is 22.7 Å². The van der Waals surface area contributed by atoms with Crippen molar-refractivity contribution in [2.75, 3.05) is 29.1 Å². The molecule has 2 rings (SSSR count). The number of hydrazine groups is 1. The van der Waals surface area contributed by atoms with E-state index in [-0.39, 0.29) is 36.1 Å². The number of hydrogen-bond acceptors (Lipinski definition) is 9. The Morgan fingerprint density at radius 3 is 2.58 bits per heavy atom. The van der Waals surface area contributed by atoms with Crippen LogP contribution in [0.5, 0.6) is 0 Å². The highest BCUT2D eigenvalue weighted by molar-refractivity contribution is 5.93. The molecule has 0 fully saturated rings. The largest absolute Gasteiger partial charge is 0.393 e. The third-order valence-corrected chi connectivity index (χ3v) is 2.88. The van der Waals surface area contributed by atoms with E-state index >= 15 is 0 Å². The summed E-state index contributed by atoms with van der Waals surface area (Å²) >= 11 is 0. The minimum Gasteiger partial charge on any atom is -0.393 e. The highest BCUT2D eigenvalue weighted by Gasteiger charge is 2.15. The van der Waals surface area contributed by atoms with Crippen LogP contribution in [0.15, 0.2) is 30.7 Å². The first-order valence-corrected chi connectivity index (χ1v) is 6.74. The average molecular weight is 323 g/mol. The van der Waals surface area contributed by atoms with E-state index in [0.29, 0.717) is 0 Å².